The van der Waals surface area contributed by atoms with Gasteiger partial charge in [0, 0.05) is 21.1 Å². The SMILES string of the molecule is O.[AlH3].[BaH2].[W]. The minimum absolute atomic E-state index is 0. The van der Waals surface area contributed by atoms with E-state index in [1.807, 2.05) is 0 Å². The van der Waals surface area contributed by atoms with Crippen molar-refractivity contribution < 1.29 is 26.5 Å². The Morgan fingerprint density at radius 2 is 1.00 bits per heavy atom. The maximum absolute atomic E-state index is 0. The van der Waals surface area contributed by atoms with Gasteiger partial charge in [0.15, 0.2) is 17.4 Å². The van der Waals surface area contributed by atoms with Gasteiger partial charge >= 0.3 is 48.9 Å². The molecule has 0 aromatic carbocycles. The topological polar surface area (TPSA) is 31.5 Å². The maximum atomic E-state index is 0. The molecule has 0 amide bonds. The molecule has 0 atom stereocenters. The summed E-state index contributed by atoms with van der Waals surface area (Å²) in [7, 11) is 0. The monoisotopic (exact) mass is 372 g/mol. The summed E-state index contributed by atoms with van der Waals surface area (Å²) in [6.45, 7) is 0. The molecule has 2 N–H and O–H groups in total. The fourth-order valence-corrected chi connectivity index (χ4v) is 0. The normalized spacial score (nSPS) is 0. The minimum Gasteiger partial charge on any atom is 0 e. The smallest absolute Gasteiger partial charge is 0 e. The van der Waals surface area contributed by atoms with Crippen molar-refractivity contribution in [1.82, 2.24) is 0 Å². The van der Waals surface area contributed by atoms with Gasteiger partial charge in [-0.25, -0.2) is 0 Å². The first-order valence-electron chi connectivity index (χ1n) is 0. The van der Waals surface area contributed by atoms with E-state index < -0.39 is 0 Å². The van der Waals surface area contributed by atoms with Crippen molar-refractivity contribution in [3.05, 3.63) is 0 Å². The van der Waals surface area contributed by atoms with E-state index >= 15 is 0 Å². The van der Waals surface area contributed by atoms with Crippen LogP contribution in [-0.2, 0) is 21.1 Å². The third kappa shape index (κ3) is 8.83. The van der Waals surface area contributed by atoms with Crippen LogP contribution in [0.1, 0.15) is 0 Å². The van der Waals surface area contributed by atoms with Gasteiger partial charge in [0.2, 0.25) is 0 Å². The zero-order valence-electron chi connectivity index (χ0n) is 0.908. The molecule has 0 unspecified atom stereocenters. The number of rotatable bonds is 0. The molecule has 0 radical (unpaired) electrons. The summed E-state index contributed by atoms with van der Waals surface area (Å²) in [5.41, 5.74) is 0. The summed E-state index contributed by atoms with van der Waals surface area (Å²) in [5, 5.41) is 0. The van der Waals surface area contributed by atoms with Gasteiger partial charge < -0.3 is 5.48 Å². The van der Waals surface area contributed by atoms with E-state index in [9.17, 15) is 0 Å². The second-order valence-corrected chi connectivity index (χ2v) is 0. The van der Waals surface area contributed by atoms with E-state index in [0.29, 0.717) is 0 Å². The first kappa shape index (κ1) is 29.5. The summed E-state index contributed by atoms with van der Waals surface area (Å²) in [4.78, 5) is 0. The van der Waals surface area contributed by atoms with Gasteiger partial charge in [0.1, 0.15) is 0 Å². The van der Waals surface area contributed by atoms with Gasteiger partial charge in [-0.1, -0.05) is 0 Å². The van der Waals surface area contributed by atoms with Crippen LogP contribution < -0.4 is 0 Å². The van der Waals surface area contributed by atoms with E-state index in [4.69, 9.17) is 0 Å². The van der Waals surface area contributed by atoms with Gasteiger partial charge in [-0.15, -0.1) is 0 Å². The van der Waals surface area contributed by atoms with Crippen molar-refractivity contribution >= 4 is 66.2 Å². The molecule has 0 spiro atoms. The van der Waals surface area contributed by atoms with Crippen LogP contribution in [0, 0.1) is 0 Å². The molecule has 0 aliphatic heterocycles. The Kier molecular flexibility index (Phi) is 126. The van der Waals surface area contributed by atoms with Crippen LogP contribution in [0.2, 0.25) is 0 Å². The van der Waals surface area contributed by atoms with Gasteiger partial charge in [-0.2, -0.15) is 0 Å². The van der Waals surface area contributed by atoms with Crippen molar-refractivity contribution in [2.24, 2.45) is 0 Å². The average molecular weight is 371 g/mol. The molecule has 4 heavy (non-hydrogen) atoms. The number of hydrogen-bond acceptors (Lipinski definition) is 0. The summed E-state index contributed by atoms with van der Waals surface area (Å²) in [6.07, 6.45) is 0. The zero-order valence-corrected chi connectivity index (χ0v) is 3.84. The Morgan fingerprint density at radius 1 is 1.00 bits per heavy atom. The van der Waals surface area contributed by atoms with E-state index in [0.717, 1.165) is 0 Å². The molecule has 0 fully saturated rings. The summed E-state index contributed by atoms with van der Waals surface area (Å²) in [5.74, 6) is 0. The quantitative estimate of drug-likeness (QED) is 0.409. The number of hydrogen-bond donors (Lipinski definition) is 0. The fourth-order valence-electron chi connectivity index (χ4n) is 0. The van der Waals surface area contributed by atoms with E-state index in [2.05, 4.69) is 0 Å². The average Bonchev–Trinajstić information content (AvgIpc) is 0. The second-order valence-electron chi connectivity index (χ2n) is 0. The van der Waals surface area contributed by atoms with Crippen molar-refractivity contribution in [2.75, 3.05) is 0 Å². The Balaban J connectivity index is 0. The standard InChI is InChI=1S/Al.Ba.H2O.W.5H/h;;1H2;;;;;;. The van der Waals surface area contributed by atoms with Crippen LogP contribution in [0.15, 0.2) is 0 Å². The summed E-state index contributed by atoms with van der Waals surface area (Å²) in [6, 6.07) is 0. The van der Waals surface area contributed by atoms with Crippen LogP contribution in [0.4, 0.5) is 0 Å². The molecule has 0 saturated heterocycles. The zero-order chi connectivity index (χ0) is 0. The van der Waals surface area contributed by atoms with Crippen LogP contribution in [0.25, 0.3) is 0 Å². The first-order valence-corrected chi connectivity index (χ1v) is 0. The predicted octanol–water partition coefficient (Wildman–Crippen LogP) is -2.93. The molecule has 0 rings (SSSR count). The third-order valence-corrected chi connectivity index (χ3v) is 0. The van der Waals surface area contributed by atoms with Gasteiger partial charge in [-0.05, 0) is 0 Å². The second kappa shape index (κ2) is 17.1. The van der Waals surface area contributed by atoms with Crippen molar-refractivity contribution in [1.29, 1.82) is 0 Å². The third-order valence-electron chi connectivity index (χ3n) is 0. The Hall–Kier alpha value is 2.75. The molecule has 0 aromatic heterocycles. The Morgan fingerprint density at radius 3 is 1.00 bits per heavy atom. The fraction of sp³-hybridized carbons (Fsp3) is 0. The van der Waals surface area contributed by atoms with E-state index in [-0.39, 0.29) is 92.8 Å². The minimum atomic E-state index is 0. The molecular formula is H7AlBaOW. The Labute approximate surface area is 90.7 Å². The molecule has 24 valence electrons. The summed E-state index contributed by atoms with van der Waals surface area (Å²) >= 11 is 0. The van der Waals surface area contributed by atoms with Gasteiger partial charge in [0.25, 0.3) is 0 Å². The van der Waals surface area contributed by atoms with Crippen LogP contribution in [0.3, 0.4) is 0 Å². The van der Waals surface area contributed by atoms with Crippen molar-refractivity contribution in [3.8, 4) is 0 Å². The predicted molar refractivity (Wildman–Crippen MR) is 22.1 cm³/mol. The molecule has 1 nitrogen and oxygen atoms in total. The van der Waals surface area contributed by atoms with Crippen molar-refractivity contribution in [3.63, 3.8) is 0 Å². The largest absolute Gasteiger partial charge is 0 e. The van der Waals surface area contributed by atoms with Gasteiger partial charge in [-0.3, -0.25) is 0 Å². The molecule has 0 aliphatic rings. The van der Waals surface area contributed by atoms with Crippen molar-refractivity contribution in [2.45, 2.75) is 0 Å². The van der Waals surface area contributed by atoms with E-state index in [1.165, 1.54) is 0 Å². The maximum Gasteiger partial charge on any atom is 0 e. The molecule has 0 aliphatic carbocycles. The molecule has 4 heteroatoms. The molecular weight excluding hydrogens is 364 g/mol. The van der Waals surface area contributed by atoms with Crippen LogP contribution in [0.5, 0.6) is 0 Å². The van der Waals surface area contributed by atoms with Crippen LogP contribution >= 0.6 is 0 Å². The molecule has 0 aromatic rings. The van der Waals surface area contributed by atoms with Gasteiger partial charge in [0.05, 0.1) is 0 Å². The first-order chi connectivity index (χ1) is 0. The summed E-state index contributed by atoms with van der Waals surface area (Å²) < 4.78 is 0. The van der Waals surface area contributed by atoms with E-state index in [1.54, 1.807) is 0 Å². The van der Waals surface area contributed by atoms with Crippen LogP contribution in [-0.4, -0.2) is 71.7 Å². The molecule has 0 bridgehead atoms. The molecule has 0 heterocycles. The molecule has 0 saturated carbocycles. The Bertz CT molecular complexity index is 8.00.